The fraction of sp³-hybridized carbons (Fsp3) is 0.214. The Morgan fingerprint density at radius 3 is 2.32 bits per heavy atom. The zero-order chi connectivity index (χ0) is 14.2. The van der Waals surface area contributed by atoms with E-state index in [1.54, 1.807) is 23.9 Å². The van der Waals surface area contributed by atoms with Crippen LogP contribution in [-0.4, -0.2) is 10.5 Å². The summed E-state index contributed by atoms with van der Waals surface area (Å²) in [7, 11) is 1.79. The third-order valence-corrected chi connectivity index (χ3v) is 4.20. The van der Waals surface area contributed by atoms with Crippen molar-refractivity contribution in [1.82, 2.24) is 4.57 Å². The Kier molecular flexibility index (Phi) is 3.66. The third kappa shape index (κ3) is 2.81. The molecule has 4 nitrogen and oxygen atoms in total. The van der Waals surface area contributed by atoms with E-state index < -0.39 is 0 Å². The predicted octanol–water partition coefficient (Wildman–Crippen LogP) is 3.24. The lowest BCUT2D eigenvalue weighted by molar-refractivity contribution is 0.101. The molecule has 0 atom stereocenters. The van der Waals surface area contributed by atoms with Crippen molar-refractivity contribution in [3.8, 4) is 0 Å². The number of benzene rings is 1. The van der Waals surface area contributed by atoms with E-state index in [-0.39, 0.29) is 5.91 Å². The van der Waals surface area contributed by atoms with Crippen molar-refractivity contribution < 1.29 is 4.79 Å². The molecule has 0 aliphatic heterocycles. The van der Waals surface area contributed by atoms with Gasteiger partial charge < -0.3 is 15.6 Å². The molecule has 2 aromatic rings. The number of aryl methyl sites for hydroxylation is 3. The van der Waals surface area contributed by atoms with Gasteiger partial charge in [0.15, 0.2) is 0 Å². The van der Waals surface area contributed by atoms with Crippen molar-refractivity contribution in [2.45, 2.75) is 13.8 Å². The smallest absolute Gasteiger partial charge is 0.272 e. The van der Waals surface area contributed by atoms with Gasteiger partial charge in [-0.25, -0.2) is 0 Å². The highest BCUT2D eigenvalue weighted by Gasteiger charge is 2.12. The van der Waals surface area contributed by atoms with Crippen molar-refractivity contribution in [2.24, 2.45) is 7.05 Å². The fourth-order valence-electron chi connectivity index (χ4n) is 2.03. The second kappa shape index (κ2) is 5.09. The van der Waals surface area contributed by atoms with Crippen LogP contribution in [0.3, 0.4) is 0 Å². The average molecular weight is 322 g/mol. The average Bonchev–Trinajstić information content (AvgIpc) is 2.65. The normalized spacial score (nSPS) is 10.5. The van der Waals surface area contributed by atoms with E-state index in [0.717, 1.165) is 21.3 Å². The van der Waals surface area contributed by atoms with Crippen LogP contribution < -0.4 is 11.1 Å². The third-order valence-electron chi connectivity index (χ3n) is 2.95. The molecule has 3 N–H and O–H groups in total. The Morgan fingerprint density at radius 2 is 1.84 bits per heavy atom. The van der Waals surface area contributed by atoms with Crippen LogP contribution in [0, 0.1) is 13.8 Å². The minimum absolute atomic E-state index is 0.166. The van der Waals surface area contributed by atoms with E-state index in [4.69, 9.17) is 5.73 Å². The number of anilines is 2. The van der Waals surface area contributed by atoms with E-state index in [9.17, 15) is 4.79 Å². The van der Waals surface area contributed by atoms with Crippen LogP contribution in [0.1, 0.15) is 21.6 Å². The summed E-state index contributed by atoms with van der Waals surface area (Å²) in [5.74, 6) is -0.166. The van der Waals surface area contributed by atoms with E-state index in [2.05, 4.69) is 21.2 Å². The summed E-state index contributed by atoms with van der Waals surface area (Å²) in [6, 6.07) is 5.52. The van der Waals surface area contributed by atoms with Crippen LogP contribution in [0.25, 0.3) is 0 Å². The summed E-state index contributed by atoms with van der Waals surface area (Å²) in [6.07, 6.45) is 1.72. The summed E-state index contributed by atoms with van der Waals surface area (Å²) in [5, 5.41) is 2.89. The van der Waals surface area contributed by atoms with Gasteiger partial charge in [-0.3, -0.25) is 4.79 Å². The second-order valence-electron chi connectivity index (χ2n) is 4.65. The molecule has 0 fully saturated rings. The Hall–Kier alpha value is -1.75. The van der Waals surface area contributed by atoms with Gasteiger partial charge >= 0.3 is 0 Å². The maximum atomic E-state index is 12.2. The molecule has 0 spiro atoms. The molecule has 1 heterocycles. The molecule has 0 aliphatic carbocycles. The van der Waals surface area contributed by atoms with Gasteiger partial charge in [-0.1, -0.05) is 15.9 Å². The van der Waals surface area contributed by atoms with Crippen molar-refractivity contribution in [3.05, 3.63) is 45.7 Å². The van der Waals surface area contributed by atoms with Gasteiger partial charge in [-0.05, 0) is 43.2 Å². The first-order chi connectivity index (χ1) is 8.88. The van der Waals surface area contributed by atoms with Gasteiger partial charge in [0.25, 0.3) is 5.91 Å². The van der Waals surface area contributed by atoms with Gasteiger partial charge in [0.1, 0.15) is 5.69 Å². The molecule has 0 radical (unpaired) electrons. The van der Waals surface area contributed by atoms with Crippen LogP contribution in [0.5, 0.6) is 0 Å². The molecule has 19 heavy (non-hydrogen) atoms. The van der Waals surface area contributed by atoms with Gasteiger partial charge in [-0.2, -0.15) is 0 Å². The minimum atomic E-state index is -0.166. The number of nitrogen functional groups attached to an aromatic ring is 1. The topological polar surface area (TPSA) is 60.1 Å². The van der Waals surface area contributed by atoms with Crippen LogP contribution >= 0.6 is 15.9 Å². The van der Waals surface area contributed by atoms with Crippen LogP contribution in [0.4, 0.5) is 11.4 Å². The maximum absolute atomic E-state index is 12.2. The summed E-state index contributed by atoms with van der Waals surface area (Å²) >= 11 is 3.51. The number of carbonyl (C=O) groups excluding carboxylic acids is 1. The lowest BCUT2D eigenvalue weighted by Crippen LogP contribution is -2.15. The van der Waals surface area contributed by atoms with Crippen LogP contribution in [0.2, 0.25) is 0 Å². The number of aromatic nitrogens is 1. The van der Waals surface area contributed by atoms with Gasteiger partial charge in [0, 0.05) is 23.4 Å². The quantitative estimate of drug-likeness (QED) is 0.892. The molecule has 2 rings (SSSR count). The van der Waals surface area contributed by atoms with Crippen LogP contribution in [-0.2, 0) is 7.05 Å². The molecule has 0 bridgehead atoms. The first kappa shape index (κ1) is 13.7. The maximum Gasteiger partial charge on any atom is 0.272 e. The molecule has 0 saturated carbocycles. The summed E-state index contributed by atoms with van der Waals surface area (Å²) in [6.45, 7) is 3.99. The number of carbonyl (C=O) groups is 1. The van der Waals surface area contributed by atoms with Crippen molar-refractivity contribution >= 4 is 33.2 Å². The number of halogens is 1. The monoisotopic (exact) mass is 321 g/mol. The molecule has 0 unspecified atom stereocenters. The fourth-order valence-corrected chi connectivity index (χ4v) is 2.26. The molecule has 1 amide bonds. The number of amides is 1. The molecule has 1 aromatic heterocycles. The zero-order valence-corrected chi connectivity index (χ0v) is 12.7. The number of nitrogens with one attached hydrogen (secondary N) is 1. The number of hydrogen-bond donors (Lipinski definition) is 2. The highest BCUT2D eigenvalue weighted by atomic mass is 79.9. The van der Waals surface area contributed by atoms with Crippen molar-refractivity contribution in [3.63, 3.8) is 0 Å². The highest BCUT2D eigenvalue weighted by Crippen LogP contribution is 2.25. The SMILES string of the molecule is Cc1cc(NC(=O)c2cc(N)cn2C)cc(C)c1Br. The number of nitrogens with two attached hydrogens (primary N) is 1. The molecule has 0 aliphatic rings. The Bertz CT molecular complexity index is 623. The number of rotatable bonds is 2. The summed E-state index contributed by atoms with van der Waals surface area (Å²) < 4.78 is 2.78. The largest absolute Gasteiger partial charge is 0.397 e. The summed E-state index contributed by atoms with van der Waals surface area (Å²) in [5.41, 5.74) is 9.74. The Morgan fingerprint density at radius 1 is 1.26 bits per heavy atom. The van der Waals surface area contributed by atoms with E-state index in [0.29, 0.717) is 11.4 Å². The molecule has 1 aromatic carbocycles. The van der Waals surface area contributed by atoms with Crippen molar-refractivity contribution in [2.75, 3.05) is 11.1 Å². The van der Waals surface area contributed by atoms with E-state index >= 15 is 0 Å². The van der Waals surface area contributed by atoms with Gasteiger partial charge in [0.05, 0.1) is 5.69 Å². The molecule has 100 valence electrons. The van der Waals surface area contributed by atoms with Gasteiger partial charge in [0.2, 0.25) is 0 Å². The van der Waals surface area contributed by atoms with E-state index in [1.165, 1.54) is 0 Å². The van der Waals surface area contributed by atoms with E-state index in [1.807, 2.05) is 26.0 Å². The van der Waals surface area contributed by atoms with Crippen LogP contribution in [0.15, 0.2) is 28.9 Å². The lowest BCUT2D eigenvalue weighted by Gasteiger charge is -2.10. The number of hydrogen-bond acceptors (Lipinski definition) is 2. The standard InChI is InChI=1S/C14H16BrN3O/c1-8-4-11(5-9(2)13(8)15)17-14(19)12-6-10(16)7-18(12)3/h4-7H,16H2,1-3H3,(H,17,19). The molecular weight excluding hydrogens is 306 g/mol. The molecular formula is C14H16BrN3O. The highest BCUT2D eigenvalue weighted by molar-refractivity contribution is 9.10. The summed E-state index contributed by atoms with van der Waals surface area (Å²) in [4.78, 5) is 12.2. The molecule has 0 saturated heterocycles. The first-order valence-corrected chi connectivity index (χ1v) is 6.67. The first-order valence-electron chi connectivity index (χ1n) is 5.88. The van der Waals surface area contributed by atoms with Gasteiger partial charge in [-0.15, -0.1) is 0 Å². The lowest BCUT2D eigenvalue weighted by atomic mass is 10.1. The van der Waals surface area contributed by atoms with Crippen molar-refractivity contribution in [1.29, 1.82) is 0 Å². The Labute approximate surface area is 120 Å². The predicted molar refractivity (Wildman–Crippen MR) is 81.4 cm³/mol. The zero-order valence-electron chi connectivity index (χ0n) is 11.1. The second-order valence-corrected chi connectivity index (χ2v) is 5.44. The number of nitrogens with zero attached hydrogens (tertiary/aromatic N) is 1. The minimum Gasteiger partial charge on any atom is -0.397 e. The molecule has 5 heteroatoms. The Balaban J connectivity index is 2.27.